The Hall–Kier alpha value is -1.04. The molecule has 0 radical (unpaired) electrons. The van der Waals surface area contributed by atoms with Gasteiger partial charge in [0.2, 0.25) is 0 Å². The smallest absolute Gasteiger partial charge is 0.154 e. The van der Waals surface area contributed by atoms with Gasteiger partial charge < -0.3 is 14.8 Å². The summed E-state index contributed by atoms with van der Waals surface area (Å²) in [6, 6.07) is 0. The molecule has 1 heterocycles. The van der Waals surface area contributed by atoms with Gasteiger partial charge in [0.25, 0.3) is 0 Å². The van der Waals surface area contributed by atoms with E-state index in [9.17, 15) is 0 Å². The first-order chi connectivity index (χ1) is 9.19. The molecule has 1 aromatic rings. The Balaban J connectivity index is 2.53. The van der Waals surface area contributed by atoms with Crippen LogP contribution >= 0.6 is 0 Å². The van der Waals surface area contributed by atoms with Crippen LogP contribution in [0.25, 0.3) is 0 Å². The minimum absolute atomic E-state index is 0.491. The van der Waals surface area contributed by atoms with Gasteiger partial charge in [-0.25, -0.2) is 9.97 Å². The van der Waals surface area contributed by atoms with Crippen molar-refractivity contribution in [1.82, 2.24) is 15.3 Å². The third-order valence-electron chi connectivity index (χ3n) is 2.94. The second-order valence-electron chi connectivity index (χ2n) is 4.42. The van der Waals surface area contributed by atoms with Gasteiger partial charge in [-0.1, -0.05) is 0 Å². The molecule has 0 aromatic carbocycles. The Morgan fingerprint density at radius 1 is 1.11 bits per heavy atom. The van der Waals surface area contributed by atoms with E-state index >= 15 is 0 Å². The zero-order chi connectivity index (χ0) is 14.1. The van der Waals surface area contributed by atoms with Crippen molar-refractivity contribution >= 4 is 0 Å². The van der Waals surface area contributed by atoms with Gasteiger partial charge in [0, 0.05) is 31.6 Å². The predicted molar refractivity (Wildman–Crippen MR) is 75.3 cm³/mol. The minimum Gasteiger partial charge on any atom is -0.383 e. The van der Waals surface area contributed by atoms with Crippen molar-refractivity contribution in [1.29, 1.82) is 0 Å². The lowest BCUT2D eigenvalue weighted by molar-refractivity contribution is 0.128. The largest absolute Gasteiger partial charge is 0.383 e. The molecule has 0 unspecified atom stereocenters. The topological polar surface area (TPSA) is 56.3 Å². The molecule has 19 heavy (non-hydrogen) atoms. The molecule has 0 aliphatic carbocycles. The van der Waals surface area contributed by atoms with Crippen molar-refractivity contribution in [3.05, 3.63) is 22.8 Å². The molecule has 0 bridgehead atoms. The number of nitrogens with one attached hydrogen (secondary N) is 1. The maximum atomic E-state index is 5.34. The van der Waals surface area contributed by atoms with Crippen LogP contribution in [0.4, 0.5) is 0 Å². The number of ether oxygens (including phenoxy) is 2. The van der Waals surface area contributed by atoms with Gasteiger partial charge in [0.15, 0.2) is 5.82 Å². The Labute approximate surface area is 115 Å². The molecule has 0 atom stereocenters. The van der Waals surface area contributed by atoms with E-state index in [1.54, 1.807) is 7.11 Å². The quantitative estimate of drug-likeness (QED) is 0.686. The number of methoxy groups -OCH3 is 1. The van der Waals surface area contributed by atoms with Crippen LogP contribution in [0.1, 0.15) is 29.7 Å². The Morgan fingerprint density at radius 2 is 1.79 bits per heavy atom. The van der Waals surface area contributed by atoms with Crippen LogP contribution in [0, 0.1) is 13.8 Å². The molecule has 0 aliphatic rings. The maximum absolute atomic E-state index is 5.34. The molecular weight excluding hydrogens is 242 g/mol. The van der Waals surface area contributed by atoms with Crippen LogP contribution in [0.3, 0.4) is 0 Å². The summed E-state index contributed by atoms with van der Waals surface area (Å²) in [5.74, 6) is 0.771. The molecule has 0 saturated carbocycles. The number of rotatable bonds is 9. The minimum atomic E-state index is 0.491. The first-order valence-electron chi connectivity index (χ1n) is 6.79. The molecule has 0 aliphatic heterocycles. The molecule has 1 rings (SSSR count). The van der Waals surface area contributed by atoms with E-state index in [4.69, 9.17) is 9.47 Å². The van der Waals surface area contributed by atoms with Crippen LogP contribution in [-0.2, 0) is 22.5 Å². The number of nitrogens with zero attached hydrogens (tertiary/aromatic N) is 2. The Kier molecular flexibility index (Phi) is 7.55. The molecule has 1 aromatic heterocycles. The fraction of sp³-hybridized carbons (Fsp3) is 0.714. The van der Waals surface area contributed by atoms with Gasteiger partial charge >= 0.3 is 0 Å². The third kappa shape index (κ3) is 5.63. The summed E-state index contributed by atoms with van der Waals surface area (Å²) in [6.45, 7) is 9.75. The van der Waals surface area contributed by atoms with Crippen molar-refractivity contribution in [2.75, 3.05) is 33.4 Å². The first-order valence-corrected chi connectivity index (χ1v) is 6.79. The first kappa shape index (κ1) is 16.0. The molecule has 0 saturated heterocycles. The summed E-state index contributed by atoms with van der Waals surface area (Å²) in [4.78, 5) is 9.00. The molecule has 1 N–H and O–H groups in total. The van der Waals surface area contributed by atoms with Gasteiger partial charge in [-0.3, -0.25) is 0 Å². The number of hydrogen-bond acceptors (Lipinski definition) is 5. The Bertz CT molecular complexity index is 360. The standard InChI is InChI=1S/C14H25N3O2/c1-5-19-10-14-16-11(2)13(12(3)17-14)6-7-15-8-9-18-4/h15H,5-10H2,1-4H3. The normalized spacial score (nSPS) is 10.9. The number of hydrogen-bond donors (Lipinski definition) is 1. The van der Waals surface area contributed by atoms with Crippen LogP contribution in [0.15, 0.2) is 0 Å². The summed E-state index contributed by atoms with van der Waals surface area (Å²) >= 11 is 0. The molecule has 0 spiro atoms. The van der Waals surface area contributed by atoms with Gasteiger partial charge in [-0.05, 0) is 39.3 Å². The zero-order valence-corrected chi connectivity index (χ0v) is 12.5. The highest BCUT2D eigenvalue weighted by molar-refractivity contribution is 5.24. The maximum Gasteiger partial charge on any atom is 0.154 e. The van der Waals surface area contributed by atoms with Crippen LogP contribution in [0.5, 0.6) is 0 Å². The van der Waals surface area contributed by atoms with Crippen LogP contribution in [-0.4, -0.2) is 43.4 Å². The molecule has 0 amide bonds. The van der Waals surface area contributed by atoms with Crippen molar-refractivity contribution < 1.29 is 9.47 Å². The van der Waals surface area contributed by atoms with Gasteiger partial charge in [0.1, 0.15) is 6.61 Å². The van der Waals surface area contributed by atoms with E-state index in [0.29, 0.717) is 13.2 Å². The monoisotopic (exact) mass is 267 g/mol. The molecular formula is C14H25N3O2. The van der Waals surface area contributed by atoms with E-state index in [2.05, 4.69) is 15.3 Å². The fourth-order valence-electron chi connectivity index (χ4n) is 1.94. The van der Waals surface area contributed by atoms with E-state index in [0.717, 1.165) is 43.3 Å². The lowest BCUT2D eigenvalue weighted by Gasteiger charge is -2.11. The summed E-state index contributed by atoms with van der Waals surface area (Å²) in [6.07, 6.45) is 0.941. The molecule has 0 fully saturated rings. The van der Waals surface area contributed by atoms with E-state index in [1.807, 2.05) is 20.8 Å². The molecule has 108 valence electrons. The van der Waals surface area contributed by atoms with E-state index < -0.39 is 0 Å². The fourth-order valence-corrected chi connectivity index (χ4v) is 1.94. The van der Waals surface area contributed by atoms with Crippen LogP contribution in [0.2, 0.25) is 0 Å². The average molecular weight is 267 g/mol. The second kappa shape index (κ2) is 8.96. The van der Waals surface area contributed by atoms with Gasteiger partial charge in [-0.2, -0.15) is 0 Å². The van der Waals surface area contributed by atoms with Crippen LogP contribution < -0.4 is 5.32 Å². The second-order valence-corrected chi connectivity index (χ2v) is 4.42. The van der Waals surface area contributed by atoms with Gasteiger partial charge in [0.05, 0.1) is 6.61 Å². The predicted octanol–water partition coefficient (Wildman–Crippen LogP) is 1.41. The summed E-state index contributed by atoms with van der Waals surface area (Å²) in [7, 11) is 1.71. The lowest BCUT2D eigenvalue weighted by atomic mass is 10.1. The summed E-state index contributed by atoms with van der Waals surface area (Å²) in [5.41, 5.74) is 3.33. The average Bonchev–Trinajstić information content (AvgIpc) is 2.38. The van der Waals surface area contributed by atoms with Gasteiger partial charge in [-0.15, -0.1) is 0 Å². The third-order valence-corrected chi connectivity index (χ3v) is 2.94. The zero-order valence-electron chi connectivity index (χ0n) is 12.5. The lowest BCUT2D eigenvalue weighted by Crippen LogP contribution is -2.22. The number of aryl methyl sites for hydroxylation is 2. The van der Waals surface area contributed by atoms with Crippen molar-refractivity contribution in [3.63, 3.8) is 0 Å². The number of aromatic nitrogens is 2. The summed E-state index contributed by atoms with van der Waals surface area (Å²) in [5, 5.41) is 3.33. The van der Waals surface area contributed by atoms with Crippen molar-refractivity contribution in [2.45, 2.75) is 33.8 Å². The summed E-state index contributed by atoms with van der Waals surface area (Å²) < 4.78 is 10.3. The van der Waals surface area contributed by atoms with Crippen molar-refractivity contribution in [3.8, 4) is 0 Å². The Morgan fingerprint density at radius 3 is 2.37 bits per heavy atom. The van der Waals surface area contributed by atoms with E-state index in [-0.39, 0.29) is 0 Å². The van der Waals surface area contributed by atoms with E-state index in [1.165, 1.54) is 5.56 Å². The van der Waals surface area contributed by atoms with Crippen molar-refractivity contribution in [2.24, 2.45) is 0 Å². The molecule has 5 heteroatoms. The highest BCUT2D eigenvalue weighted by atomic mass is 16.5. The molecule has 5 nitrogen and oxygen atoms in total. The SMILES string of the molecule is CCOCc1nc(C)c(CCNCCOC)c(C)n1. The highest BCUT2D eigenvalue weighted by Crippen LogP contribution is 2.11. The highest BCUT2D eigenvalue weighted by Gasteiger charge is 2.08.